The second-order valence-corrected chi connectivity index (χ2v) is 17.8. The summed E-state index contributed by atoms with van der Waals surface area (Å²) in [4.78, 5) is 2.31. The number of hydrogen-bond donors (Lipinski definition) is 2. The van der Waals surface area contributed by atoms with Crippen molar-refractivity contribution >= 4 is 25.4 Å². The number of aromatic hydroxyl groups is 1. The summed E-state index contributed by atoms with van der Waals surface area (Å²) in [5.41, 5.74) is 2.87. The molecule has 0 spiro atoms. The number of hydrogen-bond acceptors (Lipinski definition) is 8. The quantitative estimate of drug-likeness (QED) is 0.170. The van der Waals surface area contributed by atoms with E-state index in [1.54, 1.807) is 18.2 Å². The Morgan fingerprint density at radius 1 is 0.896 bits per heavy atom. The maximum atomic E-state index is 14.0. The van der Waals surface area contributed by atoms with Crippen LogP contribution in [0, 0.1) is 5.41 Å². The Hall–Kier alpha value is -3.08. The molecular weight excluding hydrogens is 647 g/mol. The van der Waals surface area contributed by atoms with Crippen LogP contribution >= 0.6 is 0 Å². The number of benzene rings is 3. The van der Waals surface area contributed by atoms with E-state index in [1.807, 2.05) is 67.5 Å². The third-order valence-corrected chi connectivity index (χ3v) is 10.9. The topological polar surface area (TPSA) is 121 Å². The van der Waals surface area contributed by atoms with E-state index in [0.29, 0.717) is 35.7 Å². The molecule has 0 aromatic heterocycles. The van der Waals surface area contributed by atoms with Crippen LogP contribution in [0.5, 0.6) is 11.5 Å². The number of aliphatic hydroxyl groups excluding tert-OH is 1. The highest BCUT2D eigenvalue weighted by molar-refractivity contribution is 7.91. The number of anilines is 1. The van der Waals surface area contributed by atoms with Crippen LogP contribution in [-0.4, -0.2) is 72.1 Å². The van der Waals surface area contributed by atoms with E-state index in [1.165, 1.54) is 0 Å². The SMILES string of the molecule is CCCCC1(CCCC)CS(=O)(=O)c2ccc(N(C)C)cc2[C@@H](c2ccc(OCCCCc3cccc(O)c3)cc2)[C@H]1O.CS(C)(=O)=O. The Balaban J connectivity index is 0.00000116. The number of nitrogens with zero attached hydrogens (tertiary/aromatic N) is 1. The summed E-state index contributed by atoms with van der Waals surface area (Å²) >= 11 is 0. The van der Waals surface area contributed by atoms with Crippen molar-refractivity contribution in [2.45, 2.75) is 88.6 Å². The van der Waals surface area contributed by atoms with Gasteiger partial charge in [0.1, 0.15) is 21.3 Å². The fourth-order valence-corrected chi connectivity index (χ4v) is 8.69. The van der Waals surface area contributed by atoms with Crippen LogP contribution in [0.15, 0.2) is 71.6 Å². The van der Waals surface area contributed by atoms with E-state index in [9.17, 15) is 27.0 Å². The molecule has 1 aliphatic rings. The lowest BCUT2D eigenvalue weighted by Gasteiger charge is -2.40. The number of ether oxygens (including phenoxy) is 1. The van der Waals surface area contributed by atoms with Crippen molar-refractivity contribution in [1.29, 1.82) is 0 Å². The smallest absolute Gasteiger partial charge is 0.179 e. The van der Waals surface area contributed by atoms with Crippen molar-refractivity contribution < 1.29 is 31.8 Å². The van der Waals surface area contributed by atoms with Gasteiger partial charge in [-0.2, -0.15) is 0 Å². The van der Waals surface area contributed by atoms with Crippen LogP contribution in [0.3, 0.4) is 0 Å². The van der Waals surface area contributed by atoms with Crippen molar-refractivity contribution in [3.05, 3.63) is 83.4 Å². The first-order valence-electron chi connectivity index (χ1n) is 17.0. The van der Waals surface area contributed by atoms with Gasteiger partial charge < -0.3 is 19.8 Å². The number of sulfone groups is 2. The number of phenolic OH excluding ortho intramolecular Hbond substituents is 1. The lowest BCUT2D eigenvalue weighted by Crippen LogP contribution is -2.43. The lowest BCUT2D eigenvalue weighted by atomic mass is 9.68. The summed E-state index contributed by atoms with van der Waals surface area (Å²) in [6.07, 6.45) is 9.19. The van der Waals surface area contributed by atoms with E-state index in [2.05, 4.69) is 13.8 Å². The first-order valence-corrected chi connectivity index (χ1v) is 20.9. The Labute approximate surface area is 289 Å². The third kappa shape index (κ3) is 11.2. The average Bonchev–Trinajstić information content (AvgIpc) is 3.08. The molecule has 10 heteroatoms. The molecular formula is C38H55NO7S2. The maximum Gasteiger partial charge on any atom is 0.179 e. The number of rotatable bonds is 14. The van der Waals surface area contributed by atoms with Gasteiger partial charge in [-0.3, -0.25) is 0 Å². The summed E-state index contributed by atoms with van der Waals surface area (Å²) in [7, 11) is -2.40. The maximum absolute atomic E-state index is 14.0. The Bertz CT molecular complexity index is 1650. The summed E-state index contributed by atoms with van der Waals surface area (Å²) in [5, 5.41) is 22.0. The van der Waals surface area contributed by atoms with Gasteiger partial charge in [0.2, 0.25) is 0 Å². The molecule has 3 aromatic rings. The summed E-state index contributed by atoms with van der Waals surface area (Å²) in [6, 6.07) is 20.8. The van der Waals surface area contributed by atoms with E-state index < -0.39 is 37.1 Å². The standard InChI is InChI=1S/C36H49NO5S.C2H6O2S/c1-5-7-21-36(22-8-6-2)26-43(40,41)33-20-17-29(37(3)4)25-32(33)34(35(36)39)28-15-18-31(19-16-28)42-23-10-9-12-27-13-11-14-30(38)24-27;1-5(2,3)4/h11,13-20,24-25,34-35,38-39H,5-10,12,21-23,26H2,1-4H3;1-2H3/t34-,35-;/m1./s1. The van der Waals surface area contributed by atoms with E-state index in [4.69, 9.17) is 4.74 Å². The number of phenols is 1. The van der Waals surface area contributed by atoms with Crippen LogP contribution in [0.25, 0.3) is 0 Å². The molecule has 1 heterocycles. The zero-order valence-corrected chi connectivity index (χ0v) is 31.1. The molecule has 0 saturated heterocycles. The second kappa shape index (κ2) is 17.5. The first-order chi connectivity index (χ1) is 22.6. The van der Waals surface area contributed by atoms with Gasteiger partial charge in [0.15, 0.2) is 9.84 Å². The predicted octanol–water partition coefficient (Wildman–Crippen LogP) is 7.17. The molecule has 0 bridgehead atoms. The molecule has 0 radical (unpaired) electrons. The zero-order chi connectivity index (χ0) is 35.5. The largest absolute Gasteiger partial charge is 0.508 e. The minimum atomic E-state index is -3.63. The van der Waals surface area contributed by atoms with Crippen LogP contribution in [0.2, 0.25) is 0 Å². The Kier molecular flexibility index (Phi) is 14.4. The van der Waals surface area contributed by atoms with E-state index in [-0.39, 0.29) is 5.75 Å². The molecule has 0 amide bonds. The zero-order valence-electron chi connectivity index (χ0n) is 29.5. The Morgan fingerprint density at radius 2 is 1.52 bits per heavy atom. The van der Waals surface area contributed by atoms with Gasteiger partial charge in [-0.1, -0.05) is 63.8 Å². The summed E-state index contributed by atoms with van der Waals surface area (Å²) in [6.45, 7) is 4.81. The molecule has 3 aromatic carbocycles. The van der Waals surface area contributed by atoms with Gasteiger partial charge in [0.25, 0.3) is 0 Å². The first kappa shape index (κ1) is 39.4. The van der Waals surface area contributed by atoms with Gasteiger partial charge in [0, 0.05) is 43.6 Å². The predicted molar refractivity (Wildman–Crippen MR) is 196 cm³/mol. The molecule has 8 nitrogen and oxygen atoms in total. The number of aliphatic hydroxyl groups is 1. The van der Waals surface area contributed by atoms with Gasteiger partial charge in [-0.05, 0) is 91.3 Å². The highest BCUT2D eigenvalue weighted by atomic mass is 32.2. The van der Waals surface area contributed by atoms with Crippen molar-refractivity contribution in [3.63, 3.8) is 0 Å². The van der Waals surface area contributed by atoms with Gasteiger partial charge >= 0.3 is 0 Å². The van der Waals surface area contributed by atoms with Gasteiger partial charge in [0.05, 0.1) is 23.4 Å². The monoisotopic (exact) mass is 701 g/mol. The molecule has 0 unspecified atom stereocenters. The van der Waals surface area contributed by atoms with Crippen molar-refractivity contribution in [3.8, 4) is 11.5 Å². The molecule has 0 fully saturated rings. The van der Waals surface area contributed by atoms with Gasteiger partial charge in [-0.15, -0.1) is 0 Å². The van der Waals surface area contributed by atoms with Crippen LogP contribution in [0.1, 0.15) is 87.8 Å². The molecule has 2 N–H and O–H groups in total. The number of unbranched alkanes of at least 4 members (excludes halogenated alkanes) is 3. The molecule has 0 saturated carbocycles. The number of aryl methyl sites for hydroxylation is 1. The van der Waals surface area contributed by atoms with Gasteiger partial charge in [-0.25, -0.2) is 16.8 Å². The molecule has 2 atom stereocenters. The van der Waals surface area contributed by atoms with E-state index >= 15 is 0 Å². The van der Waals surface area contributed by atoms with Crippen molar-refractivity contribution in [2.75, 3.05) is 43.9 Å². The van der Waals surface area contributed by atoms with Crippen LogP contribution in [0.4, 0.5) is 5.69 Å². The fourth-order valence-electron chi connectivity index (χ4n) is 6.49. The molecule has 0 aliphatic carbocycles. The third-order valence-electron chi connectivity index (χ3n) is 8.94. The average molecular weight is 702 g/mol. The normalized spacial score (nSPS) is 18.1. The highest BCUT2D eigenvalue weighted by Gasteiger charge is 2.49. The molecule has 1 aliphatic heterocycles. The fraction of sp³-hybridized carbons (Fsp3) is 0.526. The second-order valence-electron chi connectivity index (χ2n) is 13.6. The highest BCUT2D eigenvalue weighted by Crippen LogP contribution is 2.50. The van der Waals surface area contributed by atoms with Crippen LogP contribution < -0.4 is 9.64 Å². The Morgan fingerprint density at radius 3 is 2.08 bits per heavy atom. The summed E-state index contributed by atoms with van der Waals surface area (Å²) in [5.74, 6) is 0.536. The molecule has 266 valence electrons. The van der Waals surface area contributed by atoms with Crippen LogP contribution in [-0.2, 0) is 26.1 Å². The lowest BCUT2D eigenvalue weighted by molar-refractivity contribution is 0.0127. The van der Waals surface area contributed by atoms with E-state index in [0.717, 1.165) is 80.0 Å². The molecule has 48 heavy (non-hydrogen) atoms. The summed E-state index contributed by atoms with van der Waals surface area (Å²) < 4.78 is 53.3. The minimum Gasteiger partial charge on any atom is -0.508 e. The molecule has 4 rings (SSSR count). The van der Waals surface area contributed by atoms with Crippen molar-refractivity contribution in [2.24, 2.45) is 5.41 Å². The minimum absolute atomic E-state index is 0.0320. The number of fused-ring (bicyclic) bond motifs is 1. The van der Waals surface area contributed by atoms with Crippen molar-refractivity contribution in [1.82, 2.24) is 0 Å².